The first-order chi connectivity index (χ1) is 11.1. The number of hydrogen-bond acceptors (Lipinski definition) is 3. The van der Waals surface area contributed by atoms with E-state index in [1.54, 1.807) is 26.2 Å². The van der Waals surface area contributed by atoms with Gasteiger partial charge in [-0.2, -0.15) is 13.2 Å². The number of halogens is 3. The van der Waals surface area contributed by atoms with Gasteiger partial charge < -0.3 is 15.3 Å². The molecule has 0 aliphatic heterocycles. The van der Waals surface area contributed by atoms with E-state index in [9.17, 15) is 27.9 Å². The van der Waals surface area contributed by atoms with Crippen LogP contribution in [0.2, 0.25) is 0 Å². The number of carboxylic acid groups (broad SMARTS) is 1. The van der Waals surface area contributed by atoms with Gasteiger partial charge >= 0.3 is 12.1 Å². The molecule has 5 nitrogen and oxygen atoms in total. The molecule has 0 radical (unpaired) electrons. The molecule has 130 valence electrons. The summed E-state index contributed by atoms with van der Waals surface area (Å²) >= 11 is 0. The highest BCUT2D eigenvalue weighted by Crippen LogP contribution is 2.37. The molecule has 1 aromatic carbocycles. The molecule has 0 spiro atoms. The molecule has 1 aliphatic rings. The second kappa shape index (κ2) is 6.18. The molecule has 0 saturated carbocycles. The molecule has 0 atom stereocenters. The fourth-order valence-electron chi connectivity index (χ4n) is 2.47. The van der Waals surface area contributed by atoms with Gasteiger partial charge in [0.2, 0.25) is 5.91 Å². The second-order valence-electron chi connectivity index (χ2n) is 5.88. The maximum atomic E-state index is 13.0. The van der Waals surface area contributed by atoms with Gasteiger partial charge in [-0.15, -0.1) is 0 Å². The molecule has 0 saturated heterocycles. The van der Waals surface area contributed by atoms with Gasteiger partial charge in [-0.1, -0.05) is 12.2 Å². The molecular formula is C16H17F3N2O3. The van der Waals surface area contributed by atoms with Gasteiger partial charge in [0.05, 0.1) is 5.56 Å². The molecule has 0 aromatic heterocycles. The summed E-state index contributed by atoms with van der Waals surface area (Å²) in [6, 6.07) is 3.12. The van der Waals surface area contributed by atoms with Gasteiger partial charge in [0.15, 0.2) is 5.41 Å². The van der Waals surface area contributed by atoms with Crippen molar-refractivity contribution >= 4 is 23.3 Å². The predicted octanol–water partition coefficient (Wildman–Crippen LogP) is 3.13. The molecule has 1 amide bonds. The maximum Gasteiger partial charge on any atom is 0.416 e. The molecule has 0 bridgehead atoms. The Morgan fingerprint density at radius 2 is 1.75 bits per heavy atom. The number of carbonyl (C=O) groups is 2. The van der Waals surface area contributed by atoms with Gasteiger partial charge in [-0.3, -0.25) is 9.59 Å². The molecule has 2 rings (SSSR count). The molecule has 1 aliphatic carbocycles. The first kappa shape index (κ1) is 17.8. The average molecular weight is 342 g/mol. The third-order valence-corrected chi connectivity index (χ3v) is 3.96. The monoisotopic (exact) mass is 342 g/mol. The Morgan fingerprint density at radius 1 is 1.17 bits per heavy atom. The molecule has 24 heavy (non-hydrogen) atoms. The Balaban J connectivity index is 2.36. The fraction of sp³-hybridized carbons (Fsp3) is 0.375. The summed E-state index contributed by atoms with van der Waals surface area (Å²) in [5.41, 5.74) is -2.44. The van der Waals surface area contributed by atoms with Crippen LogP contribution in [0.4, 0.5) is 24.5 Å². The zero-order valence-corrected chi connectivity index (χ0v) is 13.1. The topological polar surface area (TPSA) is 69.6 Å². The lowest BCUT2D eigenvalue weighted by Crippen LogP contribution is -2.41. The Hall–Kier alpha value is -2.51. The highest BCUT2D eigenvalue weighted by Gasteiger charge is 2.46. The Kier molecular flexibility index (Phi) is 4.59. The molecule has 1 aromatic rings. The summed E-state index contributed by atoms with van der Waals surface area (Å²) in [6.07, 6.45) is -1.41. The van der Waals surface area contributed by atoms with Gasteiger partial charge in [0, 0.05) is 25.5 Å². The minimum absolute atomic E-state index is 0.00761. The maximum absolute atomic E-state index is 13.0. The number of anilines is 2. The summed E-state index contributed by atoms with van der Waals surface area (Å²) in [6.45, 7) is 0. The van der Waals surface area contributed by atoms with Gasteiger partial charge in [0.1, 0.15) is 0 Å². The van der Waals surface area contributed by atoms with Gasteiger partial charge in [-0.05, 0) is 31.0 Å². The van der Waals surface area contributed by atoms with Crippen molar-refractivity contribution in [3.63, 3.8) is 0 Å². The van der Waals surface area contributed by atoms with Crippen LogP contribution < -0.4 is 10.2 Å². The van der Waals surface area contributed by atoms with Crippen LogP contribution in [0.1, 0.15) is 18.4 Å². The number of benzene rings is 1. The smallest absolute Gasteiger partial charge is 0.416 e. The lowest BCUT2D eigenvalue weighted by atomic mass is 9.84. The van der Waals surface area contributed by atoms with Gasteiger partial charge in [-0.25, -0.2) is 0 Å². The second-order valence-corrected chi connectivity index (χ2v) is 5.88. The predicted molar refractivity (Wildman–Crippen MR) is 82.8 cm³/mol. The summed E-state index contributed by atoms with van der Waals surface area (Å²) in [4.78, 5) is 25.3. The zero-order valence-electron chi connectivity index (χ0n) is 13.1. The van der Waals surface area contributed by atoms with E-state index in [0.29, 0.717) is 0 Å². The lowest BCUT2D eigenvalue weighted by Gasteiger charge is -2.24. The van der Waals surface area contributed by atoms with Crippen LogP contribution >= 0.6 is 0 Å². The summed E-state index contributed by atoms with van der Waals surface area (Å²) in [5.74, 6) is -2.13. The molecule has 2 N–H and O–H groups in total. The summed E-state index contributed by atoms with van der Waals surface area (Å²) in [7, 11) is 3.14. The molecule has 0 fully saturated rings. The third kappa shape index (κ3) is 3.37. The van der Waals surface area contributed by atoms with Crippen molar-refractivity contribution in [2.75, 3.05) is 24.3 Å². The van der Waals surface area contributed by atoms with Crippen LogP contribution in [-0.2, 0) is 15.8 Å². The van der Waals surface area contributed by atoms with Crippen molar-refractivity contribution in [3.05, 3.63) is 35.9 Å². The van der Waals surface area contributed by atoms with E-state index < -0.39 is 29.0 Å². The number of hydrogen-bond donors (Lipinski definition) is 2. The minimum Gasteiger partial charge on any atom is -0.480 e. The molecular weight excluding hydrogens is 325 g/mol. The lowest BCUT2D eigenvalue weighted by molar-refractivity contribution is -0.153. The van der Waals surface area contributed by atoms with E-state index in [1.807, 2.05) is 0 Å². The van der Waals surface area contributed by atoms with Crippen LogP contribution in [0.15, 0.2) is 30.4 Å². The van der Waals surface area contributed by atoms with Crippen molar-refractivity contribution in [1.29, 1.82) is 0 Å². The molecule has 0 heterocycles. The van der Waals surface area contributed by atoms with Crippen LogP contribution in [0.5, 0.6) is 0 Å². The van der Waals surface area contributed by atoms with Crippen molar-refractivity contribution in [1.82, 2.24) is 0 Å². The van der Waals surface area contributed by atoms with Crippen LogP contribution in [-0.4, -0.2) is 31.1 Å². The first-order valence-electron chi connectivity index (χ1n) is 7.16. The average Bonchev–Trinajstić information content (AvgIpc) is 2.96. The van der Waals surface area contributed by atoms with Gasteiger partial charge in [0.25, 0.3) is 0 Å². The van der Waals surface area contributed by atoms with Crippen LogP contribution in [0, 0.1) is 5.41 Å². The molecule has 8 heteroatoms. The van der Waals surface area contributed by atoms with Crippen molar-refractivity contribution in [2.24, 2.45) is 5.41 Å². The summed E-state index contributed by atoms with van der Waals surface area (Å²) < 4.78 is 39.1. The Morgan fingerprint density at radius 3 is 2.21 bits per heavy atom. The number of allylic oxidation sites excluding steroid dienone is 2. The van der Waals surface area contributed by atoms with E-state index in [0.717, 1.165) is 12.1 Å². The highest BCUT2D eigenvalue weighted by atomic mass is 19.4. The van der Waals surface area contributed by atoms with Crippen LogP contribution in [0.25, 0.3) is 0 Å². The number of alkyl halides is 3. The van der Waals surface area contributed by atoms with E-state index in [4.69, 9.17) is 0 Å². The quantitative estimate of drug-likeness (QED) is 0.651. The standard InChI is InChI=1S/C16H17F3N2O3/c1-21(2)12-8-10(16(17,18)19)7-11(9-12)20-13(22)15(14(23)24)5-3-4-6-15/h3-4,7-9H,5-6H2,1-2H3,(H,20,22)(H,23,24). The fourth-order valence-corrected chi connectivity index (χ4v) is 2.47. The van der Waals surface area contributed by atoms with E-state index in [2.05, 4.69) is 5.32 Å². The van der Waals surface area contributed by atoms with E-state index >= 15 is 0 Å². The van der Waals surface area contributed by atoms with Crippen molar-refractivity contribution in [3.8, 4) is 0 Å². The first-order valence-corrected chi connectivity index (χ1v) is 7.16. The van der Waals surface area contributed by atoms with E-state index in [1.165, 1.54) is 11.0 Å². The number of nitrogens with one attached hydrogen (secondary N) is 1. The summed E-state index contributed by atoms with van der Waals surface area (Å²) in [5, 5.41) is 11.7. The third-order valence-electron chi connectivity index (χ3n) is 3.96. The van der Waals surface area contributed by atoms with E-state index in [-0.39, 0.29) is 24.2 Å². The van der Waals surface area contributed by atoms with Crippen molar-refractivity contribution < 1.29 is 27.9 Å². The normalized spacial score (nSPS) is 16.0. The number of aliphatic carboxylic acids is 1. The zero-order chi connectivity index (χ0) is 18.1. The SMILES string of the molecule is CN(C)c1cc(NC(=O)C2(C(=O)O)CC=CC2)cc(C(F)(F)F)c1. The number of nitrogens with zero attached hydrogens (tertiary/aromatic N) is 1. The number of carbonyl (C=O) groups excluding carboxylic acids is 1. The highest BCUT2D eigenvalue weighted by molar-refractivity contribution is 6.09. The largest absolute Gasteiger partial charge is 0.480 e. The van der Waals surface area contributed by atoms with Crippen LogP contribution in [0.3, 0.4) is 0 Å². The Labute approximate surface area is 136 Å². The number of rotatable bonds is 4. The Bertz CT molecular complexity index is 688. The molecule has 0 unspecified atom stereocenters. The number of carboxylic acids is 1. The minimum atomic E-state index is -4.58. The number of amides is 1. The van der Waals surface area contributed by atoms with Crippen molar-refractivity contribution in [2.45, 2.75) is 19.0 Å².